The fourth-order valence-electron chi connectivity index (χ4n) is 3.99. The zero-order valence-electron chi connectivity index (χ0n) is 18.6. The number of fused-ring (bicyclic) bond motifs is 1. The standard InChI is InChI=1S/C23H30N2O5S/c1-6-20(25(31(5,27)28)16-11-13-17(29-4)14-12-16)22(26)24-19-15-23(2,3)30-21-10-8-7-9-18(19)21/h7-14,19-20H,6,15H2,1-5H3,(H,24,26)/t19-,20+/m0/s1. The van der Waals surface area contributed by atoms with Crippen LogP contribution in [-0.4, -0.2) is 39.3 Å². The van der Waals surface area contributed by atoms with E-state index in [1.807, 2.05) is 38.1 Å². The highest BCUT2D eigenvalue weighted by Crippen LogP contribution is 2.39. The molecule has 0 spiro atoms. The Hall–Kier alpha value is -2.74. The number of anilines is 1. The zero-order chi connectivity index (χ0) is 22.8. The summed E-state index contributed by atoms with van der Waals surface area (Å²) < 4.78 is 37.7. The molecule has 0 fully saturated rings. The van der Waals surface area contributed by atoms with Crippen LogP contribution in [0.2, 0.25) is 0 Å². The van der Waals surface area contributed by atoms with Crippen LogP contribution in [0.4, 0.5) is 5.69 Å². The van der Waals surface area contributed by atoms with Gasteiger partial charge in [0, 0.05) is 12.0 Å². The van der Waals surface area contributed by atoms with Gasteiger partial charge in [0.2, 0.25) is 15.9 Å². The van der Waals surface area contributed by atoms with Crippen molar-refractivity contribution in [1.29, 1.82) is 0 Å². The van der Waals surface area contributed by atoms with E-state index >= 15 is 0 Å². The number of benzene rings is 2. The van der Waals surface area contributed by atoms with Gasteiger partial charge in [0.15, 0.2) is 0 Å². The largest absolute Gasteiger partial charge is 0.497 e. The number of sulfonamides is 1. The Morgan fingerprint density at radius 1 is 1.23 bits per heavy atom. The van der Waals surface area contributed by atoms with Crippen molar-refractivity contribution in [3.05, 3.63) is 54.1 Å². The fraction of sp³-hybridized carbons (Fsp3) is 0.435. The highest BCUT2D eigenvalue weighted by atomic mass is 32.2. The van der Waals surface area contributed by atoms with Crippen LogP contribution in [0.15, 0.2) is 48.5 Å². The van der Waals surface area contributed by atoms with Crippen LogP contribution in [-0.2, 0) is 14.8 Å². The number of hydrogen-bond donors (Lipinski definition) is 1. The highest BCUT2D eigenvalue weighted by Gasteiger charge is 2.37. The summed E-state index contributed by atoms with van der Waals surface area (Å²) in [6.45, 7) is 5.74. The molecule has 2 atom stereocenters. The quantitative estimate of drug-likeness (QED) is 0.702. The maximum absolute atomic E-state index is 13.4. The van der Waals surface area contributed by atoms with E-state index in [2.05, 4.69) is 5.32 Å². The molecule has 1 aliphatic heterocycles. The van der Waals surface area contributed by atoms with E-state index in [0.29, 0.717) is 24.3 Å². The first-order valence-corrected chi connectivity index (χ1v) is 12.1. The molecule has 0 saturated carbocycles. The molecule has 0 bridgehead atoms. The molecule has 7 nitrogen and oxygen atoms in total. The average molecular weight is 447 g/mol. The number of carbonyl (C=O) groups excluding carboxylic acids is 1. The van der Waals surface area contributed by atoms with E-state index in [4.69, 9.17) is 9.47 Å². The number of amides is 1. The van der Waals surface area contributed by atoms with Crippen LogP contribution in [0, 0.1) is 0 Å². The van der Waals surface area contributed by atoms with Gasteiger partial charge in [-0.15, -0.1) is 0 Å². The number of nitrogens with zero attached hydrogens (tertiary/aromatic N) is 1. The molecule has 0 aromatic heterocycles. The van der Waals surface area contributed by atoms with Crippen molar-refractivity contribution in [2.45, 2.75) is 51.3 Å². The lowest BCUT2D eigenvalue weighted by atomic mass is 9.89. The molecule has 0 unspecified atom stereocenters. The molecule has 2 aromatic carbocycles. The third kappa shape index (κ3) is 5.12. The molecule has 0 saturated heterocycles. The van der Waals surface area contributed by atoms with Crippen LogP contribution >= 0.6 is 0 Å². The number of ether oxygens (including phenoxy) is 2. The maximum Gasteiger partial charge on any atom is 0.244 e. The number of methoxy groups -OCH3 is 1. The summed E-state index contributed by atoms with van der Waals surface area (Å²) in [6.07, 6.45) is 2.01. The van der Waals surface area contributed by atoms with Crippen LogP contribution in [0.5, 0.6) is 11.5 Å². The van der Waals surface area contributed by atoms with E-state index in [1.165, 1.54) is 4.31 Å². The van der Waals surface area contributed by atoms with Crippen molar-refractivity contribution in [1.82, 2.24) is 5.32 Å². The second kappa shape index (κ2) is 8.78. The number of rotatable bonds is 7. The van der Waals surface area contributed by atoms with Gasteiger partial charge >= 0.3 is 0 Å². The summed E-state index contributed by atoms with van der Waals surface area (Å²) in [7, 11) is -2.17. The minimum atomic E-state index is -3.71. The van der Waals surface area contributed by atoms with E-state index < -0.39 is 21.7 Å². The first kappa shape index (κ1) is 22.9. The minimum absolute atomic E-state index is 0.279. The molecule has 0 aliphatic carbocycles. The normalized spacial score (nSPS) is 18.3. The third-order valence-electron chi connectivity index (χ3n) is 5.35. The van der Waals surface area contributed by atoms with Crippen molar-refractivity contribution in [3.8, 4) is 11.5 Å². The summed E-state index contributed by atoms with van der Waals surface area (Å²) in [5.41, 5.74) is 0.846. The Morgan fingerprint density at radius 2 is 1.87 bits per heavy atom. The monoisotopic (exact) mass is 446 g/mol. The molecule has 3 rings (SSSR count). The molecule has 168 valence electrons. The zero-order valence-corrected chi connectivity index (χ0v) is 19.4. The van der Waals surface area contributed by atoms with Gasteiger partial charge < -0.3 is 14.8 Å². The lowest BCUT2D eigenvalue weighted by Gasteiger charge is -2.39. The predicted octanol–water partition coefficient (Wildman–Crippen LogP) is 3.66. The Balaban J connectivity index is 1.92. The molecule has 1 aliphatic rings. The molecular weight excluding hydrogens is 416 g/mol. The van der Waals surface area contributed by atoms with Gasteiger partial charge in [-0.3, -0.25) is 9.10 Å². The maximum atomic E-state index is 13.4. The van der Waals surface area contributed by atoms with E-state index in [0.717, 1.165) is 17.6 Å². The van der Waals surface area contributed by atoms with Crippen molar-refractivity contribution in [2.24, 2.45) is 0 Å². The summed E-state index contributed by atoms with van der Waals surface area (Å²) in [5, 5.41) is 3.08. The highest BCUT2D eigenvalue weighted by molar-refractivity contribution is 7.92. The second-order valence-electron chi connectivity index (χ2n) is 8.35. The number of carbonyl (C=O) groups is 1. The van der Waals surface area contributed by atoms with Crippen molar-refractivity contribution < 1.29 is 22.7 Å². The van der Waals surface area contributed by atoms with Gasteiger partial charge in [-0.25, -0.2) is 8.42 Å². The molecule has 2 aromatic rings. The fourth-order valence-corrected chi connectivity index (χ4v) is 5.20. The van der Waals surface area contributed by atoms with Crippen molar-refractivity contribution in [3.63, 3.8) is 0 Å². The first-order valence-electron chi connectivity index (χ1n) is 10.3. The molecule has 1 N–H and O–H groups in total. The van der Waals surface area contributed by atoms with Gasteiger partial charge in [-0.1, -0.05) is 25.1 Å². The van der Waals surface area contributed by atoms with Gasteiger partial charge in [0.1, 0.15) is 23.1 Å². The number of nitrogens with one attached hydrogen (secondary N) is 1. The topological polar surface area (TPSA) is 84.9 Å². The van der Waals surface area contributed by atoms with E-state index in [1.54, 1.807) is 38.3 Å². The third-order valence-corrected chi connectivity index (χ3v) is 6.53. The van der Waals surface area contributed by atoms with E-state index in [-0.39, 0.29) is 11.9 Å². The first-order chi connectivity index (χ1) is 14.6. The molecule has 31 heavy (non-hydrogen) atoms. The van der Waals surface area contributed by atoms with Gasteiger partial charge in [0.05, 0.1) is 25.1 Å². The lowest BCUT2D eigenvalue weighted by Crippen LogP contribution is -2.51. The summed E-state index contributed by atoms with van der Waals surface area (Å²) in [6, 6.07) is 13.1. The molecule has 0 radical (unpaired) electrons. The molecular formula is C23H30N2O5S. The average Bonchev–Trinajstić information content (AvgIpc) is 2.70. The van der Waals surface area contributed by atoms with E-state index in [9.17, 15) is 13.2 Å². The lowest BCUT2D eigenvalue weighted by molar-refractivity contribution is -0.123. The van der Waals surface area contributed by atoms with Gasteiger partial charge in [-0.2, -0.15) is 0 Å². The van der Waals surface area contributed by atoms with Gasteiger partial charge in [0.25, 0.3) is 0 Å². The van der Waals surface area contributed by atoms with Crippen molar-refractivity contribution in [2.75, 3.05) is 17.7 Å². The summed E-state index contributed by atoms with van der Waals surface area (Å²) in [4.78, 5) is 13.4. The van der Waals surface area contributed by atoms with Crippen LogP contribution < -0.4 is 19.1 Å². The number of hydrogen-bond acceptors (Lipinski definition) is 5. The predicted molar refractivity (Wildman–Crippen MR) is 121 cm³/mol. The minimum Gasteiger partial charge on any atom is -0.497 e. The van der Waals surface area contributed by atoms with Crippen LogP contribution in [0.1, 0.15) is 45.2 Å². The second-order valence-corrected chi connectivity index (χ2v) is 10.2. The molecule has 1 amide bonds. The number of para-hydroxylation sites is 1. The Morgan fingerprint density at radius 3 is 2.45 bits per heavy atom. The Labute approximate surface area is 184 Å². The summed E-state index contributed by atoms with van der Waals surface area (Å²) in [5.74, 6) is 0.990. The van der Waals surface area contributed by atoms with Crippen LogP contribution in [0.25, 0.3) is 0 Å². The van der Waals surface area contributed by atoms with Gasteiger partial charge in [-0.05, 0) is 50.6 Å². The summed E-state index contributed by atoms with van der Waals surface area (Å²) >= 11 is 0. The Bertz CT molecular complexity index is 1030. The smallest absolute Gasteiger partial charge is 0.244 e. The SMILES string of the molecule is CC[C@H](C(=O)N[C@H]1CC(C)(C)Oc2ccccc21)N(c1ccc(OC)cc1)S(C)(=O)=O. The Kier molecular flexibility index (Phi) is 6.50. The van der Waals surface area contributed by atoms with Crippen LogP contribution in [0.3, 0.4) is 0 Å². The molecule has 8 heteroatoms. The molecule has 1 heterocycles. The van der Waals surface area contributed by atoms with Crippen molar-refractivity contribution >= 4 is 21.6 Å².